The summed E-state index contributed by atoms with van der Waals surface area (Å²) in [5.74, 6) is -0.0578. The summed E-state index contributed by atoms with van der Waals surface area (Å²) in [5.41, 5.74) is 5.33. The third-order valence-electron chi connectivity index (χ3n) is 4.04. The molecule has 2 aromatic rings. The molecule has 1 heterocycles. The Morgan fingerprint density at radius 1 is 1.09 bits per heavy atom. The van der Waals surface area contributed by atoms with Crippen molar-refractivity contribution in [1.29, 1.82) is 0 Å². The molecule has 1 aliphatic rings. The summed E-state index contributed by atoms with van der Waals surface area (Å²) in [4.78, 5) is 12.0. The van der Waals surface area contributed by atoms with E-state index in [0.717, 1.165) is 29.9 Å². The van der Waals surface area contributed by atoms with E-state index < -0.39 is 0 Å². The van der Waals surface area contributed by atoms with Crippen LogP contribution in [0.4, 0.5) is 17.1 Å². The zero-order chi connectivity index (χ0) is 16.2. The fraction of sp³-hybridized carbons (Fsp3) is 0.316. The van der Waals surface area contributed by atoms with Crippen molar-refractivity contribution in [2.45, 2.75) is 32.8 Å². The van der Waals surface area contributed by atoms with E-state index in [4.69, 9.17) is 4.74 Å². The van der Waals surface area contributed by atoms with Crippen LogP contribution in [0.1, 0.15) is 24.0 Å². The minimum Gasteiger partial charge on any atom is -0.368 e. The van der Waals surface area contributed by atoms with E-state index in [0.29, 0.717) is 6.61 Å². The second-order valence-electron chi connectivity index (χ2n) is 6.01. The van der Waals surface area contributed by atoms with Crippen molar-refractivity contribution >= 4 is 23.0 Å². The number of hydrogen-bond donors (Lipinski definition) is 2. The smallest absolute Gasteiger partial charge is 0.253 e. The number of anilines is 3. The molecule has 120 valence electrons. The monoisotopic (exact) mass is 310 g/mol. The van der Waals surface area contributed by atoms with Crippen LogP contribution in [0.5, 0.6) is 0 Å². The lowest BCUT2D eigenvalue weighted by atomic mass is 10.1. The summed E-state index contributed by atoms with van der Waals surface area (Å²) < 4.78 is 5.39. The minimum absolute atomic E-state index is 0.0578. The average molecular weight is 310 g/mol. The fourth-order valence-corrected chi connectivity index (χ4v) is 2.75. The van der Waals surface area contributed by atoms with Crippen LogP contribution >= 0.6 is 0 Å². The number of carbonyl (C=O) groups is 1. The number of aryl methyl sites for hydroxylation is 2. The standard InChI is InChI=1S/C19H22N2O2/c1-13-5-10-17(14(2)12-13)20-15-6-8-16(9-7-15)21-19(22)18-4-3-11-23-18/h5-10,12,18,20H,3-4,11H2,1-2H3,(H,21,22). The van der Waals surface area contributed by atoms with Gasteiger partial charge in [-0.2, -0.15) is 0 Å². The fourth-order valence-electron chi connectivity index (χ4n) is 2.75. The zero-order valence-electron chi connectivity index (χ0n) is 13.6. The SMILES string of the molecule is Cc1ccc(Nc2ccc(NC(=O)C3CCCO3)cc2)c(C)c1. The average Bonchev–Trinajstić information content (AvgIpc) is 3.06. The van der Waals surface area contributed by atoms with Gasteiger partial charge in [0.1, 0.15) is 6.10 Å². The number of hydrogen-bond acceptors (Lipinski definition) is 3. The summed E-state index contributed by atoms with van der Waals surface area (Å²) in [6.45, 7) is 4.85. The van der Waals surface area contributed by atoms with Crippen LogP contribution < -0.4 is 10.6 Å². The van der Waals surface area contributed by atoms with Crippen molar-refractivity contribution in [3.05, 3.63) is 53.6 Å². The zero-order valence-corrected chi connectivity index (χ0v) is 13.6. The van der Waals surface area contributed by atoms with Gasteiger partial charge in [0.15, 0.2) is 0 Å². The molecule has 1 saturated heterocycles. The van der Waals surface area contributed by atoms with Crippen LogP contribution in [0, 0.1) is 13.8 Å². The van der Waals surface area contributed by atoms with Gasteiger partial charge in [-0.1, -0.05) is 17.7 Å². The van der Waals surface area contributed by atoms with E-state index in [2.05, 4.69) is 42.7 Å². The van der Waals surface area contributed by atoms with E-state index in [9.17, 15) is 4.79 Å². The molecule has 4 nitrogen and oxygen atoms in total. The molecule has 0 aromatic heterocycles. The van der Waals surface area contributed by atoms with E-state index in [1.807, 2.05) is 24.3 Å². The largest absolute Gasteiger partial charge is 0.368 e. The maximum atomic E-state index is 12.0. The molecule has 2 aromatic carbocycles. The van der Waals surface area contributed by atoms with Gasteiger partial charge in [0.05, 0.1) is 0 Å². The van der Waals surface area contributed by atoms with Crippen molar-refractivity contribution < 1.29 is 9.53 Å². The molecule has 1 aliphatic heterocycles. The number of nitrogens with one attached hydrogen (secondary N) is 2. The molecule has 1 atom stereocenters. The number of amides is 1. The van der Waals surface area contributed by atoms with Crippen molar-refractivity contribution in [3.8, 4) is 0 Å². The molecule has 0 aliphatic carbocycles. The third-order valence-corrected chi connectivity index (χ3v) is 4.04. The Hall–Kier alpha value is -2.33. The molecule has 1 fully saturated rings. The Kier molecular flexibility index (Phi) is 4.63. The van der Waals surface area contributed by atoms with Crippen LogP contribution in [0.15, 0.2) is 42.5 Å². The molecule has 3 rings (SSSR count). The van der Waals surface area contributed by atoms with Crippen molar-refractivity contribution in [1.82, 2.24) is 0 Å². The van der Waals surface area contributed by atoms with Gasteiger partial charge in [0.2, 0.25) is 0 Å². The predicted octanol–water partition coefficient (Wildman–Crippen LogP) is 4.16. The van der Waals surface area contributed by atoms with Crippen molar-refractivity contribution in [3.63, 3.8) is 0 Å². The van der Waals surface area contributed by atoms with Gasteiger partial charge in [-0.05, 0) is 62.6 Å². The second kappa shape index (κ2) is 6.84. The Balaban J connectivity index is 1.63. The molecule has 4 heteroatoms. The molecule has 0 bridgehead atoms. The van der Waals surface area contributed by atoms with Crippen LogP contribution in [0.25, 0.3) is 0 Å². The highest BCUT2D eigenvalue weighted by Crippen LogP contribution is 2.23. The molecule has 1 amide bonds. The van der Waals surface area contributed by atoms with E-state index in [1.165, 1.54) is 11.1 Å². The highest BCUT2D eigenvalue weighted by molar-refractivity contribution is 5.94. The lowest BCUT2D eigenvalue weighted by Crippen LogP contribution is -2.26. The Morgan fingerprint density at radius 3 is 2.48 bits per heavy atom. The molecule has 0 saturated carbocycles. The second-order valence-corrected chi connectivity index (χ2v) is 6.01. The van der Waals surface area contributed by atoms with E-state index in [-0.39, 0.29) is 12.0 Å². The summed E-state index contributed by atoms with van der Waals surface area (Å²) in [5, 5.41) is 6.30. The molecule has 2 N–H and O–H groups in total. The lowest BCUT2D eigenvalue weighted by Gasteiger charge is -2.13. The number of benzene rings is 2. The topological polar surface area (TPSA) is 50.4 Å². The highest BCUT2D eigenvalue weighted by Gasteiger charge is 2.23. The molecular formula is C19H22N2O2. The first-order valence-electron chi connectivity index (χ1n) is 7.98. The van der Waals surface area contributed by atoms with Gasteiger partial charge in [-0.25, -0.2) is 0 Å². The van der Waals surface area contributed by atoms with Gasteiger partial charge < -0.3 is 15.4 Å². The van der Waals surface area contributed by atoms with Crippen LogP contribution in [0.3, 0.4) is 0 Å². The quantitative estimate of drug-likeness (QED) is 0.891. The first-order chi connectivity index (χ1) is 11.1. The van der Waals surface area contributed by atoms with Gasteiger partial charge in [0.25, 0.3) is 5.91 Å². The summed E-state index contributed by atoms with van der Waals surface area (Å²) in [6, 6.07) is 14.0. The van der Waals surface area contributed by atoms with E-state index in [1.54, 1.807) is 0 Å². The van der Waals surface area contributed by atoms with Crippen LogP contribution in [0.2, 0.25) is 0 Å². The van der Waals surface area contributed by atoms with Crippen molar-refractivity contribution in [2.75, 3.05) is 17.2 Å². The molecule has 1 unspecified atom stereocenters. The van der Waals surface area contributed by atoms with Crippen LogP contribution in [-0.4, -0.2) is 18.6 Å². The first kappa shape index (κ1) is 15.6. The van der Waals surface area contributed by atoms with Gasteiger partial charge >= 0.3 is 0 Å². The molecule has 0 radical (unpaired) electrons. The lowest BCUT2D eigenvalue weighted by molar-refractivity contribution is -0.124. The Morgan fingerprint density at radius 2 is 1.83 bits per heavy atom. The minimum atomic E-state index is -0.303. The van der Waals surface area contributed by atoms with Crippen LogP contribution in [-0.2, 0) is 9.53 Å². The number of carbonyl (C=O) groups excluding carboxylic acids is 1. The Bertz CT molecular complexity index is 689. The molecule has 0 spiro atoms. The normalized spacial score (nSPS) is 17.0. The number of rotatable bonds is 4. The van der Waals surface area contributed by atoms with E-state index >= 15 is 0 Å². The predicted molar refractivity (Wildman–Crippen MR) is 93.2 cm³/mol. The number of ether oxygens (including phenoxy) is 1. The summed E-state index contributed by atoms with van der Waals surface area (Å²) >= 11 is 0. The molecular weight excluding hydrogens is 288 g/mol. The summed E-state index contributed by atoms with van der Waals surface area (Å²) in [7, 11) is 0. The first-order valence-corrected chi connectivity index (χ1v) is 7.98. The highest BCUT2D eigenvalue weighted by atomic mass is 16.5. The maximum absolute atomic E-state index is 12.0. The van der Waals surface area contributed by atoms with Gasteiger partial charge in [0, 0.05) is 23.7 Å². The maximum Gasteiger partial charge on any atom is 0.253 e. The van der Waals surface area contributed by atoms with Gasteiger partial charge in [-0.15, -0.1) is 0 Å². The Labute approximate surface area is 136 Å². The van der Waals surface area contributed by atoms with Crippen molar-refractivity contribution in [2.24, 2.45) is 0 Å². The summed E-state index contributed by atoms with van der Waals surface area (Å²) in [6.07, 6.45) is 1.46. The third kappa shape index (κ3) is 3.90. The van der Waals surface area contributed by atoms with Gasteiger partial charge in [-0.3, -0.25) is 4.79 Å². The molecule has 23 heavy (non-hydrogen) atoms.